The summed E-state index contributed by atoms with van der Waals surface area (Å²) in [5, 5.41) is 4.85. The maximum atomic E-state index is 5.02. The number of hydrogen-bond donors (Lipinski definition) is 0. The first kappa shape index (κ1) is 21.2. The van der Waals surface area contributed by atoms with Crippen molar-refractivity contribution in [3.8, 4) is 28.7 Å². The maximum Gasteiger partial charge on any atom is 0.238 e. The van der Waals surface area contributed by atoms with Crippen LogP contribution in [0.15, 0.2) is 116 Å². The second kappa shape index (κ2) is 8.30. The normalized spacial score (nSPS) is 11.7. The number of nitrogens with zero attached hydrogens (tertiary/aromatic N) is 5. The summed E-state index contributed by atoms with van der Waals surface area (Å²) in [4.78, 5) is 19.4. The van der Waals surface area contributed by atoms with Crippen LogP contribution in [-0.4, -0.2) is 24.5 Å². The van der Waals surface area contributed by atoms with E-state index in [1.54, 1.807) is 0 Å². The Morgan fingerprint density at radius 3 is 1.95 bits per heavy atom. The lowest BCUT2D eigenvalue weighted by Gasteiger charge is -2.10. The Morgan fingerprint density at radius 1 is 0.526 bits per heavy atom. The number of pyridine rings is 1. The molecule has 178 valence electrons. The van der Waals surface area contributed by atoms with E-state index in [-0.39, 0.29) is 0 Å². The van der Waals surface area contributed by atoms with Crippen LogP contribution in [0.1, 0.15) is 0 Å². The molecule has 38 heavy (non-hydrogen) atoms. The van der Waals surface area contributed by atoms with Crippen molar-refractivity contribution in [1.82, 2.24) is 24.5 Å². The molecule has 8 aromatic rings. The first-order valence-electron chi connectivity index (χ1n) is 12.4. The predicted octanol–water partition coefficient (Wildman–Crippen LogP) is 8.07. The van der Waals surface area contributed by atoms with Crippen LogP contribution < -0.4 is 0 Å². The van der Waals surface area contributed by atoms with Gasteiger partial charge >= 0.3 is 0 Å². The number of benzene rings is 4. The topological polar surface area (TPSA) is 56.5 Å². The van der Waals surface area contributed by atoms with E-state index < -0.39 is 0 Å². The number of thiophene rings is 1. The SMILES string of the molecule is c1ccc(-c2nc(-c3ccccc3)nc(-n3c4cnccc4c4c5c(ccc43)sc3ccccc35)n2)cc1. The van der Waals surface area contributed by atoms with Gasteiger partial charge in [-0.3, -0.25) is 9.55 Å². The highest BCUT2D eigenvalue weighted by Crippen LogP contribution is 2.42. The Bertz CT molecular complexity index is 2070. The number of hydrogen-bond acceptors (Lipinski definition) is 5. The quantitative estimate of drug-likeness (QED) is 0.244. The highest BCUT2D eigenvalue weighted by Gasteiger charge is 2.20. The smallest absolute Gasteiger partial charge is 0.238 e. The van der Waals surface area contributed by atoms with Crippen LogP contribution in [0.3, 0.4) is 0 Å². The van der Waals surface area contributed by atoms with Crippen molar-refractivity contribution in [2.45, 2.75) is 0 Å². The van der Waals surface area contributed by atoms with Crippen LogP contribution in [0.4, 0.5) is 0 Å². The van der Waals surface area contributed by atoms with E-state index in [2.05, 4.69) is 52.0 Å². The van der Waals surface area contributed by atoms with Gasteiger partial charge in [-0.25, -0.2) is 4.98 Å². The summed E-state index contributed by atoms with van der Waals surface area (Å²) in [5.74, 6) is 1.84. The second-order valence-corrected chi connectivity index (χ2v) is 10.3. The molecule has 0 atom stereocenters. The van der Waals surface area contributed by atoms with Crippen molar-refractivity contribution >= 4 is 53.3 Å². The van der Waals surface area contributed by atoms with Crippen molar-refractivity contribution in [3.05, 3.63) is 116 Å². The molecule has 8 rings (SSSR count). The fourth-order valence-electron chi connectivity index (χ4n) is 5.28. The summed E-state index contributed by atoms with van der Waals surface area (Å²) in [6, 6.07) is 35.2. The third-order valence-electron chi connectivity index (χ3n) is 6.96. The van der Waals surface area contributed by atoms with Gasteiger partial charge in [0, 0.05) is 48.3 Å². The molecule has 6 heteroatoms. The van der Waals surface area contributed by atoms with Crippen LogP contribution >= 0.6 is 11.3 Å². The molecule has 4 aromatic carbocycles. The minimum absolute atomic E-state index is 0.574. The van der Waals surface area contributed by atoms with E-state index in [1.165, 1.54) is 25.6 Å². The monoisotopic (exact) mass is 505 g/mol. The number of aromatic nitrogens is 5. The summed E-state index contributed by atoms with van der Waals surface area (Å²) in [6.45, 7) is 0. The molecule has 0 spiro atoms. The molecule has 0 saturated heterocycles. The summed E-state index contributed by atoms with van der Waals surface area (Å²) in [5.41, 5.74) is 3.90. The van der Waals surface area contributed by atoms with Crippen molar-refractivity contribution in [3.63, 3.8) is 0 Å². The van der Waals surface area contributed by atoms with Gasteiger partial charge in [0.05, 0.1) is 17.2 Å². The van der Waals surface area contributed by atoms with Gasteiger partial charge in [0.1, 0.15) is 0 Å². The molecule has 0 amide bonds. The van der Waals surface area contributed by atoms with Gasteiger partial charge in [-0.2, -0.15) is 9.97 Å². The Kier molecular flexibility index (Phi) is 4.62. The van der Waals surface area contributed by atoms with Gasteiger partial charge in [0.25, 0.3) is 0 Å². The molecular weight excluding hydrogens is 486 g/mol. The van der Waals surface area contributed by atoms with Crippen LogP contribution in [0.2, 0.25) is 0 Å². The molecule has 0 fully saturated rings. The lowest BCUT2D eigenvalue weighted by molar-refractivity contribution is 0.952. The third-order valence-corrected chi connectivity index (χ3v) is 8.10. The van der Waals surface area contributed by atoms with Crippen LogP contribution in [-0.2, 0) is 0 Å². The van der Waals surface area contributed by atoms with Crippen molar-refractivity contribution in [2.75, 3.05) is 0 Å². The van der Waals surface area contributed by atoms with Crippen molar-refractivity contribution < 1.29 is 0 Å². The van der Waals surface area contributed by atoms with Crippen molar-refractivity contribution in [1.29, 1.82) is 0 Å². The Hall–Kier alpha value is -4.94. The average Bonchev–Trinajstić information content (AvgIpc) is 3.53. The zero-order valence-electron chi connectivity index (χ0n) is 20.1. The largest absolute Gasteiger partial charge is 0.276 e. The van der Waals surface area contributed by atoms with E-state index in [4.69, 9.17) is 15.0 Å². The molecule has 0 N–H and O–H groups in total. The zero-order valence-corrected chi connectivity index (χ0v) is 20.9. The average molecular weight is 506 g/mol. The predicted molar refractivity (Wildman–Crippen MR) is 156 cm³/mol. The Balaban J connectivity index is 1.51. The first-order chi connectivity index (χ1) is 18.8. The maximum absolute atomic E-state index is 5.02. The second-order valence-electron chi connectivity index (χ2n) is 9.17. The highest BCUT2D eigenvalue weighted by molar-refractivity contribution is 7.26. The van der Waals surface area contributed by atoms with E-state index in [0.717, 1.165) is 27.5 Å². The molecule has 0 bridgehead atoms. The minimum atomic E-state index is 0.574. The lowest BCUT2D eigenvalue weighted by Crippen LogP contribution is -2.06. The summed E-state index contributed by atoms with van der Waals surface area (Å²) >= 11 is 1.82. The lowest BCUT2D eigenvalue weighted by atomic mass is 10.1. The summed E-state index contributed by atoms with van der Waals surface area (Å²) in [7, 11) is 0. The molecule has 0 aliphatic heterocycles. The molecule has 0 aliphatic rings. The zero-order chi connectivity index (χ0) is 25.1. The van der Waals surface area contributed by atoms with Crippen LogP contribution in [0.5, 0.6) is 0 Å². The molecule has 0 aliphatic carbocycles. The fraction of sp³-hybridized carbons (Fsp3) is 0. The van der Waals surface area contributed by atoms with E-state index in [0.29, 0.717) is 17.6 Å². The first-order valence-corrected chi connectivity index (χ1v) is 13.2. The Morgan fingerprint density at radius 2 is 1.21 bits per heavy atom. The van der Waals surface area contributed by atoms with E-state index in [1.807, 2.05) is 84.4 Å². The molecular formula is C32H19N5S. The third kappa shape index (κ3) is 3.17. The number of rotatable bonds is 3. The molecule has 4 aromatic heterocycles. The number of fused-ring (bicyclic) bond motifs is 7. The molecule has 5 nitrogen and oxygen atoms in total. The summed E-state index contributed by atoms with van der Waals surface area (Å²) in [6.07, 6.45) is 3.77. The van der Waals surface area contributed by atoms with Gasteiger partial charge in [0.2, 0.25) is 5.95 Å². The highest BCUT2D eigenvalue weighted by atomic mass is 32.1. The van der Waals surface area contributed by atoms with Gasteiger partial charge < -0.3 is 0 Å². The van der Waals surface area contributed by atoms with Gasteiger partial charge in [-0.05, 0) is 24.3 Å². The van der Waals surface area contributed by atoms with E-state index >= 15 is 0 Å². The molecule has 0 radical (unpaired) electrons. The van der Waals surface area contributed by atoms with Crippen LogP contribution in [0, 0.1) is 0 Å². The van der Waals surface area contributed by atoms with E-state index in [9.17, 15) is 0 Å². The van der Waals surface area contributed by atoms with Gasteiger partial charge in [-0.15, -0.1) is 11.3 Å². The molecule has 4 heterocycles. The summed E-state index contributed by atoms with van der Waals surface area (Å²) < 4.78 is 4.67. The van der Waals surface area contributed by atoms with Gasteiger partial charge in [0.15, 0.2) is 11.6 Å². The van der Waals surface area contributed by atoms with Crippen molar-refractivity contribution in [2.24, 2.45) is 0 Å². The van der Waals surface area contributed by atoms with Crippen LogP contribution in [0.25, 0.3) is 70.7 Å². The Labute approximate surface area is 221 Å². The minimum Gasteiger partial charge on any atom is -0.276 e. The fourth-order valence-corrected chi connectivity index (χ4v) is 6.40. The molecule has 0 unspecified atom stereocenters. The van der Waals surface area contributed by atoms with Gasteiger partial charge in [-0.1, -0.05) is 78.9 Å². The molecule has 0 saturated carbocycles. The standard InChI is InChI=1S/C32H19N5S/c1-3-9-20(10-4-1)30-34-31(21-11-5-2-6-12-21)36-32(35-30)37-24-15-16-27-29(23-13-7-8-14-26(23)38-27)28(24)22-17-18-33-19-25(22)37/h1-19H.